The molecule has 0 aromatic carbocycles. The third-order valence-corrected chi connectivity index (χ3v) is 5.56. The van der Waals surface area contributed by atoms with E-state index in [1.807, 2.05) is 19.3 Å². The van der Waals surface area contributed by atoms with E-state index in [1.165, 1.54) is 32.1 Å². The van der Waals surface area contributed by atoms with E-state index in [2.05, 4.69) is 24.8 Å². The highest BCUT2D eigenvalue weighted by Gasteiger charge is 2.31. The van der Waals surface area contributed by atoms with Gasteiger partial charge in [-0.1, -0.05) is 6.42 Å². The Hall–Kier alpha value is -1.70. The lowest BCUT2D eigenvalue weighted by Gasteiger charge is -2.37. The number of nitrogens with one attached hydrogen (secondary N) is 1. The minimum atomic E-state index is 0.0457. The fourth-order valence-electron chi connectivity index (χ4n) is 4.28. The molecule has 2 aromatic heterocycles. The van der Waals surface area contributed by atoms with Crippen molar-refractivity contribution in [1.82, 2.24) is 24.8 Å². The molecule has 0 spiro atoms. The largest absolute Gasteiger partial charge is 0.383 e. The van der Waals surface area contributed by atoms with Gasteiger partial charge in [-0.3, -0.25) is 4.90 Å². The van der Waals surface area contributed by atoms with Gasteiger partial charge in [0.05, 0.1) is 11.5 Å². The Bertz CT molecular complexity index is 715. The van der Waals surface area contributed by atoms with E-state index in [9.17, 15) is 0 Å². The van der Waals surface area contributed by atoms with E-state index in [-0.39, 0.29) is 6.23 Å². The number of likely N-dealkylation sites (tertiary alicyclic amines) is 1. The molecule has 2 fully saturated rings. The maximum absolute atomic E-state index is 6.38. The summed E-state index contributed by atoms with van der Waals surface area (Å²) in [5, 5.41) is 4.24. The molecule has 25 heavy (non-hydrogen) atoms. The van der Waals surface area contributed by atoms with Gasteiger partial charge in [0.1, 0.15) is 24.0 Å². The van der Waals surface area contributed by atoms with E-state index in [0.717, 1.165) is 37.0 Å². The summed E-state index contributed by atoms with van der Waals surface area (Å²) in [5.41, 5.74) is 6.81. The van der Waals surface area contributed by atoms with Gasteiger partial charge in [-0.15, -0.1) is 0 Å². The van der Waals surface area contributed by atoms with E-state index < -0.39 is 0 Å². The monoisotopic (exact) mass is 344 g/mol. The van der Waals surface area contributed by atoms with Crippen LogP contribution >= 0.6 is 0 Å². The van der Waals surface area contributed by atoms with E-state index in [0.29, 0.717) is 18.0 Å². The first-order chi connectivity index (χ1) is 12.3. The Balaban J connectivity index is 1.43. The number of hydrogen-bond acceptors (Lipinski definition) is 6. The van der Waals surface area contributed by atoms with Gasteiger partial charge >= 0.3 is 0 Å². The van der Waals surface area contributed by atoms with Crippen LogP contribution in [0.25, 0.3) is 11.0 Å². The number of fused-ring (bicyclic) bond motifs is 1. The van der Waals surface area contributed by atoms with Gasteiger partial charge < -0.3 is 20.4 Å². The lowest BCUT2D eigenvalue weighted by molar-refractivity contribution is -0.0216. The summed E-state index contributed by atoms with van der Waals surface area (Å²) >= 11 is 0. The van der Waals surface area contributed by atoms with Crippen molar-refractivity contribution in [1.29, 1.82) is 0 Å². The Kier molecular flexibility index (Phi) is 4.87. The van der Waals surface area contributed by atoms with Crippen molar-refractivity contribution in [2.45, 2.75) is 50.5 Å². The summed E-state index contributed by atoms with van der Waals surface area (Å²) in [4.78, 5) is 11.1. The van der Waals surface area contributed by atoms with E-state index in [4.69, 9.17) is 10.5 Å². The van der Waals surface area contributed by atoms with Crippen molar-refractivity contribution in [2.24, 2.45) is 0 Å². The average molecular weight is 344 g/mol. The van der Waals surface area contributed by atoms with Crippen LogP contribution in [0.1, 0.15) is 38.3 Å². The number of hydrogen-bond donors (Lipinski definition) is 2. The van der Waals surface area contributed by atoms with Crippen molar-refractivity contribution >= 4 is 16.9 Å². The summed E-state index contributed by atoms with van der Waals surface area (Å²) in [6, 6.07) is 2.62. The number of rotatable bonds is 5. The van der Waals surface area contributed by atoms with Crippen LogP contribution in [-0.4, -0.2) is 58.3 Å². The molecule has 3 unspecified atom stereocenters. The zero-order chi connectivity index (χ0) is 17.2. The Labute approximate surface area is 148 Å². The highest BCUT2D eigenvalue weighted by molar-refractivity contribution is 5.86. The fraction of sp³-hybridized carbons (Fsp3) is 0.667. The van der Waals surface area contributed by atoms with Gasteiger partial charge in [0, 0.05) is 25.3 Å². The molecule has 0 bridgehead atoms. The number of aromatic nitrogens is 3. The molecule has 136 valence electrons. The van der Waals surface area contributed by atoms with Crippen LogP contribution in [0.2, 0.25) is 0 Å². The van der Waals surface area contributed by atoms with Gasteiger partial charge in [-0.05, 0) is 45.3 Å². The van der Waals surface area contributed by atoms with Crippen LogP contribution in [0, 0.1) is 0 Å². The SMILES string of the molecule is CNCC1CCCCN1CC1CCC(n2ccc3c(N)ncnc32)O1. The summed E-state index contributed by atoms with van der Waals surface area (Å²) in [7, 11) is 2.04. The fourth-order valence-corrected chi connectivity index (χ4v) is 4.28. The second-order valence-electron chi connectivity index (χ2n) is 7.21. The first-order valence-electron chi connectivity index (χ1n) is 9.37. The van der Waals surface area contributed by atoms with Crippen LogP contribution in [0.4, 0.5) is 5.82 Å². The quantitative estimate of drug-likeness (QED) is 0.860. The molecule has 0 saturated carbocycles. The number of ether oxygens (including phenoxy) is 1. The molecule has 7 nitrogen and oxygen atoms in total. The first-order valence-corrected chi connectivity index (χ1v) is 9.37. The van der Waals surface area contributed by atoms with Crippen LogP contribution in [0.5, 0.6) is 0 Å². The molecule has 2 aliphatic heterocycles. The molecule has 3 atom stereocenters. The minimum absolute atomic E-state index is 0.0457. The average Bonchev–Trinajstić information content (AvgIpc) is 3.24. The first kappa shape index (κ1) is 16.8. The molecule has 2 aliphatic rings. The summed E-state index contributed by atoms with van der Waals surface area (Å²) in [6.45, 7) is 3.28. The van der Waals surface area contributed by atoms with Gasteiger partial charge in [0.2, 0.25) is 0 Å². The highest BCUT2D eigenvalue weighted by Crippen LogP contribution is 2.33. The number of anilines is 1. The number of nitrogens with zero attached hydrogens (tertiary/aromatic N) is 4. The van der Waals surface area contributed by atoms with Crippen LogP contribution < -0.4 is 11.1 Å². The summed E-state index contributed by atoms with van der Waals surface area (Å²) in [5.74, 6) is 0.529. The van der Waals surface area contributed by atoms with E-state index in [1.54, 1.807) is 0 Å². The Morgan fingerprint density at radius 2 is 2.20 bits per heavy atom. The van der Waals surface area contributed by atoms with Gasteiger partial charge in [0.25, 0.3) is 0 Å². The smallest absolute Gasteiger partial charge is 0.147 e. The molecule has 4 heterocycles. The topological polar surface area (TPSA) is 81.2 Å². The van der Waals surface area contributed by atoms with Crippen LogP contribution in [0.15, 0.2) is 18.6 Å². The highest BCUT2D eigenvalue weighted by atomic mass is 16.5. The van der Waals surface area contributed by atoms with Gasteiger partial charge in [0.15, 0.2) is 0 Å². The Morgan fingerprint density at radius 1 is 1.28 bits per heavy atom. The van der Waals surface area contributed by atoms with Crippen LogP contribution in [0.3, 0.4) is 0 Å². The van der Waals surface area contributed by atoms with Crippen molar-refractivity contribution in [3.05, 3.63) is 18.6 Å². The molecule has 0 radical (unpaired) electrons. The third-order valence-electron chi connectivity index (χ3n) is 5.56. The van der Waals surface area contributed by atoms with Gasteiger partial charge in [-0.25, -0.2) is 9.97 Å². The lowest BCUT2D eigenvalue weighted by Crippen LogP contribution is -2.47. The maximum atomic E-state index is 6.38. The zero-order valence-corrected chi connectivity index (χ0v) is 14.9. The molecule has 7 heteroatoms. The molecule has 3 N–H and O–H groups in total. The lowest BCUT2D eigenvalue weighted by atomic mass is 10.0. The third kappa shape index (κ3) is 3.36. The second-order valence-corrected chi connectivity index (χ2v) is 7.21. The minimum Gasteiger partial charge on any atom is -0.383 e. The molecular formula is C18H28N6O. The molecule has 2 aromatic rings. The van der Waals surface area contributed by atoms with Gasteiger partial charge in [-0.2, -0.15) is 0 Å². The van der Waals surface area contributed by atoms with E-state index >= 15 is 0 Å². The standard InChI is InChI=1S/C18H28N6O/c1-20-10-13-4-2-3-8-23(13)11-14-5-6-16(25-14)24-9-7-15-17(19)21-12-22-18(15)24/h7,9,12-14,16,20H,2-6,8,10-11H2,1H3,(H2,19,21,22). The molecule has 0 amide bonds. The number of nitrogen functional groups attached to an aromatic ring is 1. The second kappa shape index (κ2) is 7.27. The predicted molar refractivity (Wildman–Crippen MR) is 98.2 cm³/mol. The maximum Gasteiger partial charge on any atom is 0.147 e. The summed E-state index contributed by atoms with van der Waals surface area (Å²) in [6.07, 6.45) is 9.92. The normalized spacial score (nSPS) is 28.0. The number of likely N-dealkylation sites (N-methyl/N-ethyl adjacent to an activating group) is 1. The van der Waals surface area contributed by atoms with Crippen LogP contribution in [-0.2, 0) is 4.74 Å². The molecule has 2 saturated heterocycles. The Morgan fingerprint density at radius 3 is 3.08 bits per heavy atom. The predicted octanol–water partition coefficient (Wildman–Crippen LogP) is 1.76. The number of nitrogens with two attached hydrogens (primary N) is 1. The molecular weight excluding hydrogens is 316 g/mol. The van der Waals surface area contributed by atoms with Crippen molar-refractivity contribution in [3.8, 4) is 0 Å². The number of piperidine rings is 1. The molecule has 4 rings (SSSR count). The van der Waals surface area contributed by atoms with Crippen molar-refractivity contribution in [2.75, 3.05) is 32.4 Å². The van der Waals surface area contributed by atoms with Crippen molar-refractivity contribution in [3.63, 3.8) is 0 Å². The zero-order valence-electron chi connectivity index (χ0n) is 14.9. The molecule has 0 aliphatic carbocycles. The summed E-state index contributed by atoms with van der Waals surface area (Å²) < 4.78 is 8.49. The van der Waals surface area contributed by atoms with Crippen molar-refractivity contribution < 1.29 is 4.74 Å².